The van der Waals surface area contributed by atoms with Crippen molar-refractivity contribution in [1.29, 1.82) is 0 Å². The number of hydrogen-bond donors (Lipinski definition) is 1. The maximum absolute atomic E-state index is 13.8. The lowest BCUT2D eigenvalue weighted by molar-refractivity contribution is -0.128. The molecule has 0 radical (unpaired) electrons. The molecule has 1 N–H and O–H groups in total. The molecular formula is C22H24FNO. The minimum absolute atomic E-state index is 0.0845. The minimum atomic E-state index is -0.565. The fourth-order valence-electron chi connectivity index (χ4n) is 4.32. The molecule has 2 fully saturated rings. The van der Waals surface area contributed by atoms with Crippen molar-refractivity contribution in [3.05, 3.63) is 71.5 Å². The fraction of sp³-hybridized carbons (Fsp3) is 0.409. The van der Waals surface area contributed by atoms with E-state index < -0.39 is 5.41 Å². The summed E-state index contributed by atoms with van der Waals surface area (Å²) in [5, 5.41) is 3.27. The highest BCUT2D eigenvalue weighted by molar-refractivity contribution is 5.89. The number of nitrogens with one attached hydrogen (secondary N) is 1. The Labute approximate surface area is 148 Å². The lowest BCUT2D eigenvalue weighted by Gasteiger charge is -2.36. The van der Waals surface area contributed by atoms with Gasteiger partial charge in [-0.15, -0.1) is 0 Å². The number of carbonyl (C=O) groups excluding carboxylic acids is 1. The summed E-state index contributed by atoms with van der Waals surface area (Å²) in [5.41, 5.74) is 1.56. The molecule has 0 unspecified atom stereocenters. The highest BCUT2D eigenvalue weighted by Crippen LogP contribution is 2.44. The standard InChI is InChI=1S/C22H24FNO/c23-18-11-7-10-17(14-18)22(12-5-2-6-13-22)21(25)24-20-15-19(20)16-8-3-1-4-9-16/h1,3-4,7-11,14,19-20H,2,5-6,12-13,15H2,(H,24,25)/t19-,20+/m0/s1. The number of halogens is 1. The van der Waals surface area contributed by atoms with Crippen molar-refractivity contribution >= 4 is 5.91 Å². The van der Waals surface area contributed by atoms with Gasteiger partial charge in [0.2, 0.25) is 5.91 Å². The molecule has 2 aromatic carbocycles. The van der Waals surface area contributed by atoms with Gasteiger partial charge in [0.15, 0.2) is 0 Å². The normalized spacial score (nSPS) is 24.5. The molecule has 0 bridgehead atoms. The average molecular weight is 337 g/mol. The third-order valence-corrected chi connectivity index (χ3v) is 5.85. The molecular weight excluding hydrogens is 313 g/mol. The number of carbonyl (C=O) groups is 1. The molecule has 0 heterocycles. The zero-order chi connectivity index (χ0) is 17.3. The van der Waals surface area contributed by atoms with Crippen LogP contribution >= 0.6 is 0 Å². The van der Waals surface area contributed by atoms with Crippen molar-refractivity contribution in [2.24, 2.45) is 0 Å². The van der Waals surface area contributed by atoms with Crippen molar-refractivity contribution in [3.8, 4) is 0 Å². The van der Waals surface area contributed by atoms with E-state index >= 15 is 0 Å². The Kier molecular flexibility index (Phi) is 4.32. The van der Waals surface area contributed by atoms with Crippen LogP contribution in [-0.4, -0.2) is 11.9 Å². The molecule has 3 heteroatoms. The average Bonchev–Trinajstić information content (AvgIpc) is 3.42. The van der Waals surface area contributed by atoms with Gasteiger partial charge < -0.3 is 5.32 Å². The monoisotopic (exact) mass is 337 g/mol. The van der Waals surface area contributed by atoms with Crippen molar-refractivity contribution in [3.63, 3.8) is 0 Å². The van der Waals surface area contributed by atoms with Crippen molar-refractivity contribution in [2.45, 2.75) is 55.9 Å². The third-order valence-electron chi connectivity index (χ3n) is 5.85. The van der Waals surface area contributed by atoms with Gasteiger partial charge in [0, 0.05) is 12.0 Å². The van der Waals surface area contributed by atoms with E-state index in [0.29, 0.717) is 5.92 Å². The first-order valence-electron chi connectivity index (χ1n) is 9.31. The van der Waals surface area contributed by atoms with E-state index in [1.807, 2.05) is 24.3 Å². The second-order valence-electron chi connectivity index (χ2n) is 7.49. The number of hydrogen-bond acceptors (Lipinski definition) is 1. The molecule has 2 saturated carbocycles. The Hall–Kier alpha value is -2.16. The van der Waals surface area contributed by atoms with Crippen LogP contribution in [0.15, 0.2) is 54.6 Å². The zero-order valence-corrected chi connectivity index (χ0v) is 14.4. The predicted octanol–water partition coefficient (Wildman–Crippen LogP) is 4.70. The molecule has 2 atom stereocenters. The summed E-state index contributed by atoms with van der Waals surface area (Å²) in [6.45, 7) is 0. The van der Waals surface area contributed by atoms with Crippen LogP contribution in [0.25, 0.3) is 0 Å². The van der Waals surface area contributed by atoms with Gasteiger partial charge in [-0.2, -0.15) is 0 Å². The van der Waals surface area contributed by atoms with Crippen LogP contribution in [0.5, 0.6) is 0 Å². The van der Waals surface area contributed by atoms with Crippen LogP contribution in [-0.2, 0) is 10.2 Å². The predicted molar refractivity (Wildman–Crippen MR) is 96.9 cm³/mol. The van der Waals surface area contributed by atoms with Gasteiger partial charge in [-0.1, -0.05) is 61.7 Å². The van der Waals surface area contributed by atoms with Crippen LogP contribution < -0.4 is 5.32 Å². The molecule has 0 saturated heterocycles. The largest absolute Gasteiger partial charge is 0.352 e. The zero-order valence-electron chi connectivity index (χ0n) is 14.4. The van der Waals surface area contributed by atoms with E-state index in [2.05, 4.69) is 17.4 Å². The van der Waals surface area contributed by atoms with E-state index in [-0.39, 0.29) is 17.8 Å². The summed E-state index contributed by atoms with van der Waals surface area (Å²) in [6.07, 6.45) is 5.82. The van der Waals surface area contributed by atoms with Gasteiger partial charge in [-0.25, -0.2) is 4.39 Å². The summed E-state index contributed by atoms with van der Waals surface area (Å²) < 4.78 is 13.8. The smallest absolute Gasteiger partial charge is 0.230 e. The lowest BCUT2D eigenvalue weighted by atomic mass is 9.68. The molecule has 2 aromatic rings. The maximum Gasteiger partial charge on any atom is 0.230 e. The molecule has 0 aliphatic heterocycles. The summed E-state index contributed by atoms with van der Waals surface area (Å²) >= 11 is 0. The van der Waals surface area contributed by atoms with E-state index in [9.17, 15) is 9.18 Å². The first kappa shape index (κ1) is 16.3. The third kappa shape index (κ3) is 3.20. The Morgan fingerprint density at radius 2 is 1.76 bits per heavy atom. The number of amides is 1. The van der Waals surface area contributed by atoms with E-state index in [4.69, 9.17) is 0 Å². The Morgan fingerprint density at radius 1 is 1.00 bits per heavy atom. The maximum atomic E-state index is 13.8. The highest BCUT2D eigenvalue weighted by Gasteiger charge is 2.46. The second-order valence-corrected chi connectivity index (χ2v) is 7.49. The Balaban J connectivity index is 1.53. The summed E-state index contributed by atoms with van der Waals surface area (Å²) in [6, 6.07) is 17.2. The molecule has 1 amide bonds. The molecule has 2 nitrogen and oxygen atoms in total. The van der Waals surface area contributed by atoms with Crippen molar-refractivity contribution < 1.29 is 9.18 Å². The molecule has 4 rings (SSSR count). The topological polar surface area (TPSA) is 29.1 Å². The van der Waals surface area contributed by atoms with E-state index in [1.54, 1.807) is 12.1 Å². The Morgan fingerprint density at radius 3 is 2.48 bits per heavy atom. The first-order chi connectivity index (χ1) is 12.2. The van der Waals surface area contributed by atoms with Crippen LogP contribution in [0, 0.1) is 5.82 Å². The highest BCUT2D eigenvalue weighted by atomic mass is 19.1. The SMILES string of the molecule is O=C(N[C@@H]1C[C@H]1c1ccccc1)C1(c2cccc(F)c2)CCCCC1. The van der Waals surface area contributed by atoms with Gasteiger partial charge in [-0.05, 0) is 42.5 Å². The summed E-state index contributed by atoms with van der Waals surface area (Å²) in [5.74, 6) is 0.239. The van der Waals surface area contributed by atoms with Gasteiger partial charge in [-0.3, -0.25) is 4.79 Å². The molecule has 2 aliphatic carbocycles. The first-order valence-corrected chi connectivity index (χ1v) is 9.31. The molecule has 130 valence electrons. The fourth-order valence-corrected chi connectivity index (χ4v) is 4.32. The van der Waals surface area contributed by atoms with Gasteiger partial charge >= 0.3 is 0 Å². The quantitative estimate of drug-likeness (QED) is 0.861. The lowest BCUT2D eigenvalue weighted by Crippen LogP contribution is -2.46. The minimum Gasteiger partial charge on any atom is -0.352 e. The molecule has 2 aliphatic rings. The van der Waals surface area contributed by atoms with E-state index in [0.717, 1.165) is 44.1 Å². The molecule has 0 spiro atoms. The number of rotatable bonds is 4. The second kappa shape index (κ2) is 6.62. The van der Waals surface area contributed by atoms with Crippen molar-refractivity contribution in [1.82, 2.24) is 5.32 Å². The number of benzene rings is 2. The Bertz CT molecular complexity index is 752. The van der Waals surface area contributed by atoms with Crippen LogP contribution in [0.1, 0.15) is 55.6 Å². The van der Waals surface area contributed by atoms with Crippen LogP contribution in [0.2, 0.25) is 0 Å². The van der Waals surface area contributed by atoms with Crippen LogP contribution in [0.3, 0.4) is 0 Å². The van der Waals surface area contributed by atoms with Crippen LogP contribution in [0.4, 0.5) is 4.39 Å². The van der Waals surface area contributed by atoms with E-state index in [1.165, 1.54) is 11.6 Å². The summed E-state index contributed by atoms with van der Waals surface area (Å²) in [7, 11) is 0. The molecule has 25 heavy (non-hydrogen) atoms. The van der Waals surface area contributed by atoms with Crippen molar-refractivity contribution in [2.75, 3.05) is 0 Å². The van der Waals surface area contributed by atoms with Gasteiger partial charge in [0.25, 0.3) is 0 Å². The van der Waals surface area contributed by atoms with Gasteiger partial charge in [0.05, 0.1) is 5.41 Å². The summed E-state index contributed by atoms with van der Waals surface area (Å²) in [4.78, 5) is 13.2. The molecule has 0 aromatic heterocycles. The van der Waals surface area contributed by atoms with Gasteiger partial charge in [0.1, 0.15) is 5.82 Å².